The van der Waals surface area contributed by atoms with E-state index in [0.29, 0.717) is 5.56 Å². The Bertz CT molecular complexity index is 757. The second kappa shape index (κ2) is 7.40. The number of amides is 2. The van der Waals surface area contributed by atoms with Crippen LogP contribution in [0.5, 0.6) is 0 Å². The Labute approximate surface area is 150 Å². The minimum atomic E-state index is -0.380. The molecule has 0 fully saturated rings. The van der Waals surface area contributed by atoms with Gasteiger partial charge in [0.05, 0.1) is 17.4 Å². The molecule has 1 aromatic carbocycles. The Hall–Kier alpha value is -1.79. The van der Waals surface area contributed by atoms with Crippen molar-refractivity contribution in [3.63, 3.8) is 0 Å². The molecular formula is C18H20N2O2S2. The van der Waals surface area contributed by atoms with E-state index in [1.165, 1.54) is 22.2 Å². The molecule has 1 unspecified atom stereocenters. The van der Waals surface area contributed by atoms with E-state index in [0.717, 1.165) is 24.3 Å². The average molecular weight is 361 g/mol. The maximum atomic E-state index is 13.2. The van der Waals surface area contributed by atoms with E-state index in [1.807, 2.05) is 29.2 Å². The topological polar surface area (TPSA) is 63.4 Å². The van der Waals surface area contributed by atoms with Crippen molar-refractivity contribution in [2.24, 2.45) is 5.73 Å². The van der Waals surface area contributed by atoms with Crippen LogP contribution in [0.3, 0.4) is 0 Å². The second-order valence-corrected chi connectivity index (χ2v) is 7.74. The summed E-state index contributed by atoms with van der Waals surface area (Å²) in [4.78, 5) is 28.4. The van der Waals surface area contributed by atoms with Crippen LogP contribution >= 0.6 is 23.1 Å². The molecule has 2 amide bonds. The van der Waals surface area contributed by atoms with Gasteiger partial charge in [-0.2, -0.15) is 0 Å². The molecule has 3 rings (SSSR count). The summed E-state index contributed by atoms with van der Waals surface area (Å²) >= 11 is 3.10. The molecule has 1 atom stereocenters. The van der Waals surface area contributed by atoms with Crippen molar-refractivity contribution in [2.75, 3.05) is 12.3 Å². The number of hydrogen-bond acceptors (Lipinski definition) is 4. The zero-order valence-electron chi connectivity index (χ0n) is 13.5. The Morgan fingerprint density at radius 2 is 2.12 bits per heavy atom. The Kier molecular flexibility index (Phi) is 5.26. The summed E-state index contributed by atoms with van der Waals surface area (Å²) in [6.45, 7) is 2.85. The molecule has 2 aromatic rings. The standard InChI is InChI=1S/C18H20N2O2S2/c1-2-14-12-8-10-23-16(12)7-9-20(14)18(22)13-5-3-4-6-15(13)24-11-17(19)21/h3-6,8,10,14H,2,7,9,11H2,1H3,(H2,19,21). The van der Waals surface area contributed by atoms with Crippen LogP contribution in [-0.4, -0.2) is 29.0 Å². The summed E-state index contributed by atoms with van der Waals surface area (Å²) in [7, 11) is 0. The van der Waals surface area contributed by atoms with Gasteiger partial charge in [-0.3, -0.25) is 9.59 Å². The average Bonchev–Trinajstić information content (AvgIpc) is 3.07. The molecule has 0 bridgehead atoms. The summed E-state index contributed by atoms with van der Waals surface area (Å²) in [6.07, 6.45) is 1.80. The molecule has 0 saturated carbocycles. The maximum Gasteiger partial charge on any atom is 0.255 e. The van der Waals surface area contributed by atoms with Gasteiger partial charge in [-0.05, 0) is 42.0 Å². The van der Waals surface area contributed by atoms with E-state index >= 15 is 0 Å². The smallest absolute Gasteiger partial charge is 0.255 e. The molecule has 4 nitrogen and oxygen atoms in total. The predicted octanol–water partition coefficient (Wildman–Crippen LogP) is 3.48. The van der Waals surface area contributed by atoms with E-state index in [4.69, 9.17) is 5.73 Å². The highest BCUT2D eigenvalue weighted by Gasteiger charge is 2.31. The number of hydrogen-bond donors (Lipinski definition) is 1. The molecule has 126 valence electrons. The number of benzene rings is 1. The molecule has 2 heterocycles. The molecule has 0 radical (unpaired) electrons. The quantitative estimate of drug-likeness (QED) is 0.831. The molecule has 6 heteroatoms. The van der Waals surface area contributed by atoms with Gasteiger partial charge in [-0.1, -0.05) is 19.1 Å². The van der Waals surface area contributed by atoms with Crippen LogP contribution in [0, 0.1) is 0 Å². The SMILES string of the molecule is CCC1c2ccsc2CCN1C(=O)c1ccccc1SCC(N)=O. The highest BCUT2D eigenvalue weighted by atomic mass is 32.2. The lowest BCUT2D eigenvalue weighted by atomic mass is 9.97. The normalized spacial score (nSPS) is 16.7. The zero-order chi connectivity index (χ0) is 17.1. The van der Waals surface area contributed by atoms with Crippen molar-refractivity contribution in [1.29, 1.82) is 0 Å². The van der Waals surface area contributed by atoms with Crippen LogP contribution < -0.4 is 5.73 Å². The van der Waals surface area contributed by atoms with Crippen LogP contribution in [0.15, 0.2) is 40.6 Å². The first-order valence-corrected chi connectivity index (χ1v) is 9.85. The van der Waals surface area contributed by atoms with Crippen molar-refractivity contribution >= 4 is 34.9 Å². The van der Waals surface area contributed by atoms with Gasteiger partial charge >= 0.3 is 0 Å². The van der Waals surface area contributed by atoms with Crippen molar-refractivity contribution in [2.45, 2.75) is 30.7 Å². The van der Waals surface area contributed by atoms with Crippen LogP contribution in [0.4, 0.5) is 0 Å². The van der Waals surface area contributed by atoms with Crippen LogP contribution in [0.2, 0.25) is 0 Å². The van der Waals surface area contributed by atoms with E-state index in [1.54, 1.807) is 11.3 Å². The van der Waals surface area contributed by atoms with Gasteiger partial charge < -0.3 is 10.6 Å². The summed E-state index contributed by atoms with van der Waals surface area (Å²) in [5.41, 5.74) is 7.18. The van der Waals surface area contributed by atoms with Crippen molar-refractivity contribution in [3.05, 3.63) is 51.7 Å². The fraction of sp³-hybridized carbons (Fsp3) is 0.333. The van der Waals surface area contributed by atoms with Gasteiger partial charge in [-0.15, -0.1) is 23.1 Å². The lowest BCUT2D eigenvalue weighted by Crippen LogP contribution is -2.39. The number of rotatable bonds is 5. The van der Waals surface area contributed by atoms with Crippen molar-refractivity contribution in [1.82, 2.24) is 4.90 Å². The van der Waals surface area contributed by atoms with Gasteiger partial charge in [0.2, 0.25) is 5.91 Å². The van der Waals surface area contributed by atoms with Crippen molar-refractivity contribution in [3.8, 4) is 0 Å². The lowest BCUT2D eigenvalue weighted by molar-refractivity contribution is -0.115. The number of thioether (sulfide) groups is 1. The molecule has 0 aliphatic carbocycles. The van der Waals surface area contributed by atoms with Gasteiger partial charge in [0.1, 0.15) is 0 Å². The molecular weight excluding hydrogens is 340 g/mol. The zero-order valence-corrected chi connectivity index (χ0v) is 15.2. The summed E-state index contributed by atoms with van der Waals surface area (Å²) in [5.74, 6) is -0.170. The first-order valence-electron chi connectivity index (χ1n) is 7.99. The minimum Gasteiger partial charge on any atom is -0.369 e. The second-order valence-electron chi connectivity index (χ2n) is 5.72. The summed E-state index contributed by atoms with van der Waals surface area (Å²) < 4.78 is 0. The number of nitrogens with zero attached hydrogens (tertiary/aromatic N) is 1. The predicted molar refractivity (Wildman–Crippen MR) is 98.5 cm³/mol. The molecule has 0 spiro atoms. The Morgan fingerprint density at radius 1 is 1.33 bits per heavy atom. The Balaban J connectivity index is 1.88. The molecule has 1 aromatic heterocycles. The van der Waals surface area contributed by atoms with E-state index < -0.39 is 0 Å². The third kappa shape index (κ3) is 3.35. The maximum absolute atomic E-state index is 13.2. The van der Waals surface area contributed by atoms with Gasteiger partial charge in [0, 0.05) is 16.3 Å². The summed E-state index contributed by atoms with van der Waals surface area (Å²) in [6, 6.07) is 9.72. The third-order valence-corrected chi connectivity index (χ3v) is 6.32. The van der Waals surface area contributed by atoms with Crippen LogP contribution in [0.25, 0.3) is 0 Å². The fourth-order valence-corrected chi connectivity index (χ4v) is 4.86. The molecule has 24 heavy (non-hydrogen) atoms. The van der Waals surface area contributed by atoms with Gasteiger partial charge in [0.25, 0.3) is 5.91 Å². The van der Waals surface area contributed by atoms with Crippen LogP contribution in [-0.2, 0) is 11.2 Å². The molecule has 1 aliphatic rings. The molecule has 1 aliphatic heterocycles. The third-order valence-electron chi connectivity index (χ3n) is 4.23. The molecule has 2 N–H and O–H groups in total. The van der Waals surface area contributed by atoms with Gasteiger partial charge in [0.15, 0.2) is 0 Å². The van der Waals surface area contributed by atoms with Gasteiger partial charge in [-0.25, -0.2) is 0 Å². The van der Waals surface area contributed by atoms with Crippen molar-refractivity contribution < 1.29 is 9.59 Å². The number of carbonyl (C=O) groups excluding carboxylic acids is 2. The van der Waals surface area contributed by atoms with E-state index in [9.17, 15) is 9.59 Å². The first-order chi connectivity index (χ1) is 11.6. The van der Waals surface area contributed by atoms with E-state index in [-0.39, 0.29) is 23.6 Å². The van der Waals surface area contributed by atoms with Crippen LogP contribution in [0.1, 0.15) is 40.2 Å². The number of thiophene rings is 1. The Morgan fingerprint density at radius 3 is 2.88 bits per heavy atom. The lowest BCUT2D eigenvalue weighted by Gasteiger charge is -2.36. The summed E-state index contributed by atoms with van der Waals surface area (Å²) in [5, 5.41) is 2.11. The number of fused-ring (bicyclic) bond motifs is 1. The molecule has 0 saturated heterocycles. The number of primary amides is 1. The monoisotopic (exact) mass is 360 g/mol. The first kappa shape index (κ1) is 17.0. The minimum absolute atomic E-state index is 0.0336. The number of carbonyl (C=O) groups is 2. The number of nitrogens with two attached hydrogens (primary N) is 1. The highest BCUT2D eigenvalue weighted by molar-refractivity contribution is 8.00. The largest absolute Gasteiger partial charge is 0.369 e. The highest BCUT2D eigenvalue weighted by Crippen LogP contribution is 2.37. The van der Waals surface area contributed by atoms with E-state index in [2.05, 4.69) is 18.4 Å². The fourth-order valence-electron chi connectivity index (χ4n) is 3.15.